The van der Waals surface area contributed by atoms with Crippen molar-refractivity contribution < 1.29 is 9.53 Å². The first-order valence-electron chi connectivity index (χ1n) is 7.01. The van der Waals surface area contributed by atoms with Crippen LogP contribution in [0, 0.1) is 0 Å². The van der Waals surface area contributed by atoms with Gasteiger partial charge in [0.05, 0.1) is 0 Å². The highest BCUT2D eigenvalue weighted by molar-refractivity contribution is 5.93. The minimum absolute atomic E-state index is 0.0965. The van der Waals surface area contributed by atoms with Gasteiger partial charge in [-0.3, -0.25) is 4.79 Å². The molecule has 0 spiro atoms. The molecular formula is C17H18N2O2. The quantitative estimate of drug-likeness (QED) is 0.901. The van der Waals surface area contributed by atoms with Crippen molar-refractivity contribution in [3.8, 4) is 5.75 Å². The standard InChI is InChI=1S/C17H18N2O2/c18-15-10-21-16-7-6-12(17(19)20)9-14(16)13(15)8-11-4-2-1-3-5-11/h1-7,9,13,15H,8,10,18H2,(H2,19,20)/t13-,15+/m1/s1. The van der Waals surface area contributed by atoms with Crippen LogP contribution in [0.3, 0.4) is 0 Å². The number of fused-ring (bicyclic) bond motifs is 1. The zero-order valence-corrected chi connectivity index (χ0v) is 11.7. The van der Waals surface area contributed by atoms with Gasteiger partial charge in [-0.25, -0.2) is 0 Å². The summed E-state index contributed by atoms with van der Waals surface area (Å²) in [6, 6.07) is 15.4. The lowest BCUT2D eigenvalue weighted by Gasteiger charge is -2.31. The Kier molecular flexibility index (Phi) is 3.62. The Bertz CT molecular complexity index is 655. The molecule has 0 fully saturated rings. The van der Waals surface area contributed by atoms with Crippen molar-refractivity contribution in [3.63, 3.8) is 0 Å². The summed E-state index contributed by atoms with van der Waals surface area (Å²) in [6.45, 7) is 0.487. The predicted molar refractivity (Wildman–Crippen MR) is 81.3 cm³/mol. The molecule has 1 aliphatic rings. The highest BCUT2D eigenvalue weighted by Gasteiger charge is 2.29. The second kappa shape index (κ2) is 5.58. The molecule has 0 radical (unpaired) electrons. The molecule has 108 valence electrons. The summed E-state index contributed by atoms with van der Waals surface area (Å²) < 4.78 is 5.66. The van der Waals surface area contributed by atoms with Crippen LogP contribution in [0.1, 0.15) is 27.4 Å². The summed E-state index contributed by atoms with van der Waals surface area (Å²) in [4.78, 5) is 11.4. The van der Waals surface area contributed by atoms with E-state index in [0.29, 0.717) is 12.2 Å². The van der Waals surface area contributed by atoms with Crippen molar-refractivity contribution in [2.24, 2.45) is 11.5 Å². The van der Waals surface area contributed by atoms with Gasteiger partial charge in [0, 0.05) is 23.1 Å². The van der Waals surface area contributed by atoms with Crippen LogP contribution in [0.5, 0.6) is 5.75 Å². The lowest BCUT2D eigenvalue weighted by Crippen LogP contribution is -2.39. The number of primary amides is 1. The fraction of sp³-hybridized carbons (Fsp3) is 0.235. The van der Waals surface area contributed by atoms with Gasteiger partial charge in [-0.1, -0.05) is 30.3 Å². The molecule has 1 amide bonds. The van der Waals surface area contributed by atoms with Gasteiger partial charge < -0.3 is 16.2 Å². The van der Waals surface area contributed by atoms with E-state index in [1.807, 2.05) is 24.3 Å². The van der Waals surface area contributed by atoms with Crippen LogP contribution in [-0.4, -0.2) is 18.6 Å². The number of carbonyl (C=O) groups is 1. The number of rotatable bonds is 3. The summed E-state index contributed by atoms with van der Waals surface area (Å²) in [7, 11) is 0. The van der Waals surface area contributed by atoms with Crippen molar-refractivity contribution in [1.82, 2.24) is 0 Å². The largest absolute Gasteiger partial charge is 0.492 e. The van der Waals surface area contributed by atoms with Crippen LogP contribution in [0.25, 0.3) is 0 Å². The van der Waals surface area contributed by atoms with Crippen molar-refractivity contribution >= 4 is 5.91 Å². The van der Waals surface area contributed by atoms with E-state index in [4.69, 9.17) is 16.2 Å². The zero-order chi connectivity index (χ0) is 14.8. The minimum atomic E-state index is -0.435. The molecule has 1 aliphatic heterocycles. The number of hydrogen-bond acceptors (Lipinski definition) is 3. The molecule has 2 aromatic carbocycles. The molecule has 4 N–H and O–H groups in total. The number of hydrogen-bond donors (Lipinski definition) is 2. The molecule has 4 heteroatoms. The van der Waals surface area contributed by atoms with E-state index in [1.165, 1.54) is 5.56 Å². The van der Waals surface area contributed by atoms with Crippen LogP contribution < -0.4 is 16.2 Å². The van der Waals surface area contributed by atoms with Gasteiger partial charge in [-0.2, -0.15) is 0 Å². The van der Waals surface area contributed by atoms with Crippen molar-refractivity contribution in [1.29, 1.82) is 0 Å². The van der Waals surface area contributed by atoms with Gasteiger partial charge in [-0.05, 0) is 30.2 Å². The van der Waals surface area contributed by atoms with E-state index in [9.17, 15) is 4.79 Å². The normalized spacial score (nSPS) is 20.4. The fourth-order valence-electron chi connectivity index (χ4n) is 2.79. The Labute approximate surface area is 123 Å². The third-order valence-corrected chi connectivity index (χ3v) is 3.94. The van der Waals surface area contributed by atoms with Gasteiger partial charge in [0.25, 0.3) is 0 Å². The maximum absolute atomic E-state index is 11.4. The van der Waals surface area contributed by atoms with E-state index in [2.05, 4.69) is 12.1 Å². The van der Waals surface area contributed by atoms with Crippen molar-refractivity contribution in [2.75, 3.05) is 6.61 Å². The van der Waals surface area contributed by atoms with Crippen LogP contribution in [0.4, 0.5) is 0 Å². The Morgan fingerprint density at radius 3 is 2.67 bits per heavy atom. The highest BCUT2D eigenvalue weighted by Crippen LogP contribution is 2.36. The second-order valence-electron chi connectivity index (χ2n) is 5.39. The SMILES string of the molecule is NC(=O)c1ccc2c(c1)[C@@H](Cc1ccccc1)[C@@H](N)CO2. The fourth-order valence-corrected chi connectivity index (χ4v) is 2.79. The summed E-state index contributed by atoms with van der Waals surface area (Å²) in [5.74, 6) is 0.480. The second-order valence-corrected chi connectivity index (χ2v) is 5.39. The molecule has 2 atom stereocenters. The average molecular weight is 282 g/mol. The molecule has 0 saturated carbocycles. The molecule has 0 aliphatic carbocycles. The molecular weight excluding hydrogens is 264 g/mol. The van der Waals surface area contributed by atoms with E-state index in [0.717, 1.165) is 17.7 Å². The number of nitrogens with two attached hydrogens (primary N) is 2. The third kappa shape index (κ3) is 2.76. The molecule has 2 aromatic rings. The molecule has 21 heavy (non-hydrogen) atoms. The summed E-state index contributed by atoms with van der Waals surface area (Å²) >= 11 is 0. The number of carbonyl (C=O) groups excluding carboxylic acids is 1. The Balaban J connectivity index is 1.97. The maximum Gasteiger partial charge on any atom is 0.248 e. The Morgan fingerprint density at radius 2 is 1.95 bits per heavy atom. The topological polar surface area (TPSA) is 78.3 Å². The number of ether oxygens (including phenoxy) is 1. The van der Waals surface area contributed by atoms with Crippen LogP contribution in [0.15, 0.2) is 48.5 Å². The maximum atomic E-state index is 11.4. The molecule has 0 saturated heterocycles. The first-order valence-corrected chi connectivity index (χ1v) is 7.01. The van der Waals surface area contributed by atoms with E-state index in [1.54, 1.807) is 12.1 Å². The van der Waals surface area contributed by atoms with E-state index in [-0.39, 0.29) is 12.0 Å². The minimum Gasteiger partial charge on any atom is -0.492 e. The molecule has 0 unspecified atom stereocenters. The third-order valence-electron chi connectivity index (χ3n) is 3.94. The lowest BCUT2D eigenvalue weighted by molar-refractivity contribution is 0.1000. The zero-order valence-electron chi connectivity index (χ0n) is 11.7. The van der Waals surface area contributed by atoms with Crippen molar-refractivity contribution in [2.45, 2.75) is 18.4 Å². The molecule has 3 rings (SSSR count). The van der Waals surface area contributed by atoms with E-state index < -0.39 is 5.91 Å². The molecule has 1 heterocycles. The molecule has 0 bridgehead atoms. The summed E-state index contributed by atoms with van der Waals surface area (Å²) in [5, 5.41) is 0. The van der Waals surface area contributed by atoms with E-state index >= 15 is 0 Å². The van der Waals surface area contributed by atoms with Gasteiger partial charge in [0.15, 0.2) is 0 Å². The first kappa shape index (κ1) is 13.6. The number of benzene rings is 2. The Morgan fingerprint density at radius 1 is 1.19 bits per heavy atom. The molecule has 0 aromatic heterocycles. The number of amides is 1. The lowest BCUT2D eigenvalue weighted by atomic mass is 9.83. The monoisotopic (exact) mass is 282 g/mol. The van der Waals surface area contributed by atoms with Gasteiger partial charge in [0.1, 0.15) is 12.4 Å². The van der Waals surface area contributed by atoms with Gasteiger partial charge >= 0.3 is 0 Å². The predicted octanol–water partition coefficient (Wildman–Crippen LogP) is 1.83. The Hall–Kier alpha value is -2.33. The van der Waals surface area contributed by atoms with Crippen LogP contribution in [0.2, 0.25) is 0 Å². The van der Waals surface area contributed by atoms with Crippen LogP contribution in [-0.2, 0) is 6.42 Å². The van der Waals surface area contributed by atoms with Gasteiger partial charge in [0.2, 0.25) is 5.91 Å². The van der Waals surface area contributed by atoms with Crippen LogP contribution >= 0.6 is 0 Å². The van der Waals surface area contributed by atoms with Crippen molar-refractivity contribution in [3.05, 3.63) is 65.2 Å². The summed E-state index contributed by atoms with van der Waals surface area (Å²) in [6.07, 6.45) is 0.820. The summed E-state index contributed by atoms with van der Waals surface area (Å²) in [5.41, 5.74) is 14.3. The smallest absolute Gasteiger partial charge is 0.248 e. The average Bonchev–Trinajstić information content (AvgIpc) is 2.50. The molecule has 4 nitrogen and oxygen atoms in total. The van der Waals surface area contributed by atoms with Gasteiger partial charge in [-0.15, -0.1) is 0 Å². The first-order chi connectivity index (χ1) is 10.1. The highest BCUT2D eigenvalue weighted by atomic mass is 16.5.